The maximum atomic E-state index is 12.8. The van der Waals surface area contributed by atoms with Crippen LogP contribution in [0.25, 0.3) is 11.3 Å². The van der Waals surface area contributed by atoms with Crippen LogP contribution >= 0.6 is 0 Å². The van der Waals surface area contributed by atoms with Gasteiger partial charge in [-0.2, -0.15) is 5.10 Å². The number of nitrogens with zero attached hydrogens (tertiary/aromatic N) is 3. The Balaban J connectivity index is 1.49. The zero-order valence-electron chi connectivity index (χ0n) is 15.0. The van der Waals surface area contributed by atoms with Crippen LogP contribution in [-0.2, 0) is 11.3 Å². The standard InChI is InChI=1S/C20H24N4O2/c1-23(17-11-15-7-8-16(12-17)21-15)20(26)13-24-19(25)10-9-18(22-24)14-5-3-2-4-6-14/h2-6,9-10,15-17,21H,7-8,11-13H2,1H3. The molecule has 3 heterocycles. The minimum atomic E-state index is -0.253. The van der Waals surface area contributed by atoms with Gasteiger partial charge >= 0.3 is 0 Å². The molecule has 1 N–H and O–H groups in total. The highest BCUT2D eigenvalue weighted by molar-refractivity contribution is 5.76. The predicted octanol–water partition coefficient (Wildman–Crippen LogP) is 1.65. The van der Waals surface area contributed by atoms with E-state index in [4.69, 9.17) is 0 Å². The van der Waals surface area contributed by atoms with Gasteiger partial charge in [-0.3, -0.25) is 9.59 Å². The fraction of sp³-hybridized carbons (Fsp3) is 0.450. The lowest BCUT2D eigenvalue weighted by Gasteiger charge is -2.35. The number of piperidine rings is 1. The Morgan fingerprint density at radius 2 is 1.85 bits per heavy atom. The van der Waals surface area contributed by atoms with Crippen LogP contribution < -0.4 is 10.9 Å². The van der Waals surface area contributed by atoms with E-state index in [0.29, 0.717) is 17.8 Å². The van der Waals surface area contributed by atoms with E-state index in [1.165, 1.54) is 23.6 Å². The van der Waals surface area contributed by atoms with E-state index in [1.54, 1.807) is 6.07 Å². The van der Waals surface area contributed by atoms with Gasteiger partial charge in [0.15, 0.2) is 0 Å². The lowest BCUT2D eigenvalue weighted by atomic mass is 9.98. The summed E-state index contributed by atoms with van der Waals surface area (Å²) in [5, 5.41) is 7.99. The Kier molecular flexibility index (Phi) is 4.59. The lowest BCUT2D eigenvalue weighted by Crippen LogP contribution is -2.49. The largest absolute Gasteiger partial charge is 0.341 e. The van der Waals surface area contributed by atoms with Gasteiger partial charge < -0.3 is 10.2 Å². The summed E-state index contributed by atoms with van der Waals surface area (Å²) in [6, 6.07) is 14.1. The molecule has 2 aliphatic rings. The van der Waals surface area contributed by atoms with Crippen molar-refractivity contribution in [3.63, 3.8) is 0 Å². The molecule has 6 heteroatoms. The zero-order chi connectivity index (χ0) is 18.1. The molecule has 2 bridgehead atoms. The number of rotatable bonds is 4. The molecule has 6 nitrogen and oxygen atoms in total. The van der Waals surface area contributed by atoms with Crippen molar-refractivity contribution in [1.29, 1.82) is 0 Å². The second-order valence-electron chi connectivity index (χ2n) is 7.35. The molecule has 2 aliphatic heterocycles. The molecule has 26 heavy (non-hydrogen) atoms. The molecule has 2 saturated heterocycles. The van der Waals surface area contributed by atoms with Gasteiger partial charge in [0.25, 0.3) is 5.56 Å². The van der Waals surface area contributed by atoms with Crippen molar-refractivity contribution in [3.8, 4) is 11.3 Å². The van der Waals surface area contributed by atoms with Crippen molar-refractivity contribution < 1.29 is 4.79 Å². The van der Waals surface area contributed by atoms with Crippen LogP contribution in [0, 0.1) is 0 Å². The van der Waals surface area contributed by atoms with Crippen LogP contribution in [0.2, 0.25) is 0 Å². The van der Waals surface area contributed by atoms with Crippen molar-refractivity contribution in [1.82, 2.24) is 20.0 Å². The monoisotopic (exact) mass is 352 g/mol. The number of fused-ring (bicyclic) bond motifs is 2. The fourth-order valence-electron chi connectivity index (χ4n) is 4.11. The van der Waals surface area contributed by atoms with Gasteiger partial charge in [-0.1, -0.05) is 30.3 Å². The summed E-state index contributed by atoms with van der Waals surface area (Å²) in [6.45, 7) is -0.0186. The molecule has 0 saturated carbocycles. The molecule has 1 amide bonds. The first-order chi connectivity index (χ1) is 12.6. The molecule has 136 valence electrons. The van der Waals surface area contributed by atoms with Gasteiger partial charge in [0, 0.05) is 36.8 Å². The first-order valence-corrected chi connectivity index (χ1v) is 9.25. The minimum Gasteiger partial charge on any atom is -0.341 e. The molecule has 2 atom stereocenters. The third kappa shape index (κ3) is 3.42. The van der Waals surface area contributed by atoms with Crippen LogP contribution in [0.1, 0.15) is 25.7 Å². The Hall–Kier alpha value is -2.47. The summed E-state index contributed by atoms with van der Waals surface area (Å²) in [5.74, 6) is -0.0592. The van der Waals surface area contributed by atoms with Gasteiger partial charge in [0.05, 0.1) is 5.69 Å². The van der Waals surface area contributed by atoms with E-state index in [9.17, 15) is 9.59 Å². The third-order valence-corrected chi connectivity index (χ3v) is 5.61. The maximum absolute atomic E-state index is 12.8. The van der Waals surface area contributed by atoms with Crippen LogP contribution in [-0.4, -0.2) is 45.8 Å². The Morgan fingerprint density at radius 3 is 2.54 bits per heavy atom. The van der Waals surface area contributed by atoms with Crippen molar-refractivity contribution in [2.45, 2.75) is 50.4 Å². The summed E-state index contributed by atoms with van der Waals surface area (Å²) in [7, 11) is 1.85. The highest BCUT2D eigenvalue weighted by atomic mass is 16.2. The average molecular weight is 352 g/mol. The Labute approximate surface area is 152 Å². The summed E-state index contributed by atoms with van der Waals surface area (Å²) >= 11 is 0. The van der Waals surface area contributed by atoms with Gasteiger partial charge in [-0.05, 0) is 31.7 Å². The van der Waals surface area contributed by atoms with E-state index in [0.717, 1.165) is 18.4 Å². The predicted molar refractivity (Wildman–Crippen MR) is 99.7 cm³/mol. The van der Waals surface area contributed by atoms with E-state index in [2.05, 4.69) is 10.4 Å². The number of likely N-dealkylation sites (N-methyl/N-ethyl adjacent to an activating group) is 1. The van der Waals surface area contributed by atoms with Crippen molar-refractivity contribution >= 4 is 5.91 Å². The average Bonchev–Trinajstić information content (AvgIpc) is 3.01. The second kappa shape index (κ2) is 7.03. The number of hydrogen-bond donors (Lipinski definition) is 1. The molecule has 2 aromatic rings. The number of nitrogens with one attached hydrogen (secondary N) is 1. The molecule has 1 aromatic carbocycles. The van der Waals surface area contributed by atoms with Crippen molar-refractivity contribution in [3.05, 3.63) is 52.8 Å². The highest BCUT2D eigenvalue weighted by Gasteiger charge is 2.36. The van der Waals surface area contributed by atoms with Crippen LogP contribution in [0.5, 0.6) is 0 Å². The summed E-state index contributed by atoms with van der Waals surface area (Å²) in [6.07, 6.45) is 4.38. The minimum absolute atomic E-state index is 0.0186. The Bertz CT molecular complexity index is 836. The maximum Gasteiger partial charge on any atom is 0.267 e. The van der Waals surface area contributed by atoms with Gasteiger partial charge in [-0.15, -0.1) is 0 Å². The summed E-state index contributed by atoms with van der Waals surface area (Å²) in [4.78, 5) is 26.7. The van der Waals surface area contributed by atoms with E-state index in [-0.39, 0.29) is 24.1 Å². The molecular weight excluding hydrogens is 328 g/mol. The fourth-order valence-corrected chi connectivity index (χ4v) is 4.11. The smallest absolute Gasteiger partial charge is 0.267 e. The van der Waals surface area contributed by atoms with Crippen LogP contribution in [0.15, 0.2) is 47.3 Å². The highest BCUT2D eigenvalue weighted by Crippen LogP contribution is 2.29. The molecule has 4 rings (SSSR count). The van der Waals surface area contributed by atoms with Crippen molar-refractivity contribution in [2.24, 2.45) is 0 Å². The zero-order valence-corrected chi connectivity index (χ0v) is 15.0. The molecule has 2 unspecified atom stereocenters. The van der Waals surface area contributed by atoms with E-state index >= 15 is 0 Å². The van der Waals surface area contributed by atoms with Gasteiger partial charge in [0.2, 0.25) is 5.91 Å². The van der Waals surface area contributed by atoms with Crippen molar-refractivity contribution in [2.75, 3.05) is 7.05 Å². The van der Waals surface area contributed by atoms with E-state index in [1.807, 2.05) is 42.3 Å². The van der Waals surface area contributed by atoms with E-state index < -0.39 is 0 Å². The first-order valence-electron chi connectivity index (χ1n) is 9.25. The number of benzene rings is 1. The number of amides is 1. The number of aromatic nitrogens is 2. The SMILES string of the molecule is CN(C(=O)Cn1nc(-c2ccccc2)ccc1=O)C1CC2CCC(C1)N2. The molecule has 1 aromatic heterocycles. The normalized spacial score (nSPS) is 24.4. The number of hydrogen-bond acceptors (Lipinski definition) is 4. The first kappa shape index (κ1) is 17.0. The molecule has 2 fully saturated rings. The summed E-state index contributed by atoms with van der Waals surface area (Å²) < 4.78 is 1.27. The third-order valence-electron chi connectivity index (χ3n) is 5.61. The van der Waals surface area contributed by atoms with Crippen LogP contribution in [0.3, 0.4) is 0 Å². The van der Waals surface area contributed by atoms with Crippen LogP contribution in [0.4, 0.5) is 0 Å². The number of carbonyl (C=O) groups excluding carboxylic acids is 1. The molecule has 0 spiro atoms. The number of carbonyl (C=O) groups is 1. The van der Waals surface area contributed by atoms with Gasteiger partial charge in [-0.25, -0.2) is 4.68 Å². The molecule has 0 aliphatic carbocycles. The lowest BCUT2D eigenvalue weighted by molar-refractivity contribution is -0.133. The quantitative estimate of drug-likeness (QED) is 0.909. The topological polar surface area (TPSA) is 67.2 Å². The summed E-state index contributed by atoms with van der Waals surface area (Å²) in [5.41, 5.74) is 1.37. The molecule has 0 radical (unpaired) electrons. The second-order valence-corrected chi connectivity index (χ2v) is 7.35. The molecular formula is C20H24N4O2. The van der Waals surface area contributed by atoms with Gasteiger partial charge in [0.1, 0.15) is 6.54 Å². The Morgan fingerprint density at radius 1 is 1.15 bits per heavy atom.